The van der Waals surface area contributed by atoms with Gasteiger partial charge < -0.3 is 19.6 Å². The maximum Gasteiger partial charge on any atom is 0.291 e. The quantitative estimate of drug-likeness (QED) is 0.471. The smallest absolute Gasteiger partial charge is 0.291 e. The van der Waals surface area contributed by atoms with E-state index in [2.05, 4.69) is 5.32 Å². The molecule has 0 spiro atoms. The highest BCUT2D eigenvalue weighted by Crippen LogP contribution is 2.32. The van der Waals surface area contributed by atoms with Crippen molar-refractivity contribution >= 4 is 23.2 Å². The van der Waals surface area contributed by atoms with Crippen molar-refractivity contribution in [3.63, 3.8) is 0 Å². The summed E-state index contributed by atoms with van der Waals surface area (Å²) >= 11 is 6.16. The monoisotopic (exact) mass is 413 g/mol. The molecule has 1 heterocycles. The summed E-state index contributed by atoms with van der Waals surface area (Å²) in [6.07, 6.45) is 0. The van der Waals surface area contributed by atoms with Gasteiger partial charge in [-0.3, -0.25) is 4.79 Å². The van der Waals surface area contributed by atoms with Crippen LogP contribution in [0.5, 0.6) is 11.5 Å². The Hall–Kier alpha value is -2.92. The zero-order valence-electron chi connectivity index (χ0n) is 16.9. The Bertz CT molecular complexity index is 1020. The summed E-state index contributed by atoms with van der Waals surface area (Å²) in [5, 5.41) is 13.5. The highest BCUT2D eigenvalue weighted by molar-refractivity contribution is 6.32. The van der Waals surface area contributed by atoms with Crippen LogP contribution in [-0.4, -0.2) is 11.0 Å². The third-order valence-electron chi connectivity index (χ3n) is 4.65. The van der Waals surface area contributed by atoms with Crippen molar-refractivity contribution in [3.05, 3.63) is 75.7 Å². The fourth-order valence-corrected chi connectivity index (χ4v) is 3.29. The number of hydrogen-bond acceptors (Lipinski definition) is 4. The lowest BCUT2D eigenvalue weighted by molar-refractivity contribution is 0.0992. The molecule has 0 aliphatic carbocycles. The number of rotatable bonds is 6. The molecule has 2 aromatic carbocycles. The highest BCUT2D eigenvalue weighted by Gasteiger charge is 2.16. The van der Waals surface area contributed by atoms with E-state index in [9.17, 15) is 9.90 Å². The Balaban J connectivity index is 1.71. The van der Waals surface area contributed by atoms with Crippen LogP contribution in [0.15, 0.2) is 46.9 Å². The van der Waals surface area contributed by atoms with Crippen LogP contribution in [0, 0.1) is 13.8 Å². The van der Waals surface area contributed by atoms with Crippen LogP contribution in [0.1, 0.15) is 52.8 Å². The van der Waals surface area contributed by atoms with Gasteiger partial charge >= 0.3 is 0 Å². The molecule has 1 aromatic heterocycles. The van der Waals surface area contributed by atoms with E-state index in [1.165, 1.54) is 0 Å². The second-order valence-corrected chi connectivity index (χ2v) is 7.68. The van der Waals surface area contributed by atoms with Crippen LogP contribution in [-0.2, 0) is 6.61 Å². The van der Waals surface area contributed by atoms with Crippen molar-refractivity contribution in [2.75, 3.05) is 5.32 Å². The van der Waals surface area contributed by atoms with Crippen LogP contribution >= 0.6 is 11.6 Å². The third kappa shape index (κ3) is 4.74. The van der Waals surface area contributed by atoms with Gasteiger partial charge in [-0.2, -0.15) is 0 Å². The number of halogens is 1. The molecule has 0 radical (unpaired) electrons. The number of benzene rings is 2. The number of ether oxygens (including phenoxy) is 1. The van der Waals surface area contributed by atoms with Crippen molar-refractivity contribution in [2.24, 2.45) is 0 Å². The van der Waals surface area contributed by atoms with Gasteiger partial charge in [-0.25, -0.2) is 0 Å². The second-order valence-electron chi connectivity index (χ2n) is 7.28. The normalized spacial score (nSPS) is 11.0. The lowest BCUT2D eigenvalue weighted by Crippen LogP contribution is -2.12. The van der Waals surface area contributed by atoms with Crippen LogP contribution < -0.4 is 10.1 Å². The predicted molar refractivity (Wildman–Crippen MR) is 114 cm³/mol. The molecule has 6 heteroatoms. The van der Waals surface area contributed by atoms with Crippen molar-refractivity contribution in [3.8, 4) is 11.5 Å². The summed E-state index contributed by atoms with van der Waals surface area (Å²) in [7, 11) is 0. The summed E-state index contributed by atoms with van der Waals surface area (Å²) in [6, 6.07) is 12.3. The maximum absolute atomic E-state index is 12.6. The molecule has 3 rings (SSSR count). The van der Waals surface area contributed by atoms with Gasteiger partial charge in [0.15, 0.2) is 5.76 Å². The van der Waals surface area contributed by atoms with Crippen molar-refractivity contribution in [1.29, 1.82) is 0 Å². The van der Waals surface area contributed by atoms with Crippen molar-refractivity contribution in [2.45, 2.75) is 40.2 Å². The summed E-state index contributed by atoms with van der Waals surface area (Å²) in [4.78, 5) is 12.6. The zero-order chi connectivity index (χ0) is 21.1. The maximum atomic E-state index is 12.6. The van der Waals surface area contributed by atoms with E-state index in [0.29, 0.717) is 22.2 Å². The minimum Gasteiger partial charge on any atom is -0.508 e. The highest BCUT2D eigenvalue weighted by atomic mass is 35.5. The van der Waals surface area contributed by atoms with Crippen molar-refractivity contribution in [1.82, 2.24) is 0 Å². The van der Waals surface area contributed by atoms with Gasteiger partial charge in [0, 0.05) is 5.69 Å². The summed E-state index contributed by atoms with van der Waals surface area (Å²) in [6.45, 7) is 7.86. The van der Waals surface area contributed by atoms with E-state index in [0.717, 1.165) is 16.7 Å². The lowest BCUT2D eigenvalue weighted by Gasteiger charge is -2.14. The molecule has 0 saturated carbocycles. The molecule has 0 saturated heterocycles. The summed E-state index contributed by atoms with van der Waals surface area (Å²) < 4.78 is 11.4. The molecule has 2 N–H and O–H groups in total. The van der Waals surface area contributed by atoms with Crippen LogP contribution in [0.2, 0.25) is 5.02 Å². The van der Waals surface area contributed by atoms with Crippen molar-refractivity contribution < 1.29 is 19.1 Å². The number of furan rings is 1. The topological polar surface area (TPSA) is 71.7 Å². The number of nitrogens with one attached hydrogen (secondary N) is 1. The number of carbonyl (C=O) groups excluding carboxylic acids is 1. The first-order valence-corrected chi connectivity index (χ1v) is 9.75. The molecule has 5 nitrogen and oxygen atoms in total. The molecule has 29 heavy (non-hydrogen) atoms. The number of aryl methyl sites for hydroxylation is 2. The number of para-hydroxylation sites is 1. The summed E-state index contributed by atoms with van der Waals surface area (Å²) in [5.41, 5.74) is 3.10. The fraction of sp³-hybridized carbons (Fsp3) is 0.261. The molecular formula is C23H24ClNO4. The number of phenolic OH excluding ortho intramolecular Hbond substituents is 1. The number of carbonyl (C=O) groups is 1. The number of aromatic hydroxyl groups is 1. The predicted octanol–water partition coefficient (Wildman–Crippen LogP) is 6.21. The Morgan fingerprint density at radius 2 is 1.93 bits per heavy atom. The SMILES string of the molecule is Cc1cc(O)c(C(C)C)cc1NC(=O)c1ccc(COc2c(C)cccc2Cl)o1. The molecule has 0 aliphatic heterocycles. The van der Waals surface area contributed by atoms with Gasteiger partial charge in [0.05, 0.1) is 5.02 Å². The standard InChI is InChI=1S/C23H24ClNO4/c1-13(2)17-11-19(15(4)10-20(17)26)25-23(27)21-9-8-16(29-21)12-28-22-14(3)6-5-7-18(22)24/h5-11,13,26H,12H2,1-4H3,(H,25,27). The van der Waals surface area contributed by atoms with Gasteiger partial charge in [-0.05, 0) is 66.8 Å². The van der Waals surface area contributed by atoms with E-state index in [1.807, 2.05) is 39.8 Å². The van der Waals surface area contributed by atoms with Crippen LogP contribution in [0.25, 0.3) is 0 Å². The Morgan fingerprint density at radius 3 is 2.62 bits per heavy atom. The summed E-state index contributed by atoms with van der Waals surface area (Å²) in [5.74, 6) is 1.28. The van der Waals surface area contributed by atoms with Gasteiger partial charge in [0.2, 0.25) is 0 Å². The Kier molecular flexibility index (Phi) is 6.18. The van der Waals surface area contributed by atoms with Crippen LogP contribution in [0.4, 0.5) is 5.69 Å². The Labute approximate surface area is 175 Å². The number of anilines is 1. The van der Waals surface area contributed by atoms with E-state index < -0.39 is 0 Å². The molecule has 0 fully saturated rings. The van der Waals surface area contributed by atoms with Gasteiger partial charge in [-0.15, -0.1) is 0 Å². The molecule has 152 valence electrons. The lowest BCUT2D eigenvalue weighted by atomic mass is 9.99. The van der Waals surface area contributed by atoms with Crippen LogP contribution in [0.3, 0.4) is 0 Å². The third-order valence-corrected chi connectivity index (χ3v) is 4.95. The van der Waals surface area contributed by atoms with E-state index in [1.54, 1.807) is 30.3 Å². The first-order valence-electron chi connectivity index (χ1n) is 9.37. The average molecular weight is 414 g/mol. The van der Waals surface area contributed by atoms with Gasteiger partial charge in [0.25, 0.3) is 5.91 Å². The van der Waals surface area contributed by atoms with Gasteiger partial charge in [0.1, 0.15) is 23.9 Å². The largest absolute Gasteiger partial charge is 0.508 e. The number of phenols is 1. The fourth-order valence-electron chi connectivity index (χ4n) is 3.01. The molecule has 1 amide bonds. The molecule has 0 unspecified atom stereocenters. The average Bonchev–Trinajstić information content (AvgIpc) is 3.12. The first kappa shape index (κ1) is 20.8. The van der Waals surface area contributed by atoms with E-state index in [4.69, 9.17) is 20.8 Å². The van der Waals surface area contributed by atoms with E-state index >= 15 is 0 Å². The molecule has 3 aromatic rings. The minimum absolute atomic E-state index is 0.131. The number of amides is 1. The number of hydrogen-bond donors (Lipinski definition) is 2. The molecular weight excluding hydrogens is 390 g/mol. The molecule has 0 bridgehead atoms. The minimum atomic E-state index is -0.367. The van der Waals surface area contributed by atoms with E-state index in [-0.39, 0.29) is 29.9 Å². The second kappa shape index (κ2) is 8.62. The van der Waals surface area contributed by atoms with Gasteiger partial charge in [-0.1, -0.05) is 37.6 Å². The molecule has 0 atom stereocenters. The first-order chi connectivity index (χ1) is 13.8. The zero-order valence-corrected chi connectivity index (χ0v) is 17.6. The molecule has 0 aliphatic rings. The Morgan fingerprint density at radius 1 is 1.17 bits per heavy atom.